The Kier molecular flexibility index (Phi) is 13.4. The van der Waals surface area contributed by atoms with Gasteiger partial charge in [-0.25, -0.2) is 9.59 Å². The zero-order chi connectivity index (χ0) is 30.3. The first-order valence-corrected chi connectivity index (χ1v) is 13.4. The van der Waals surface area contributed by atoms with Crippen molar-refractivity contribution in [3.05, 3.63) is 44.2 Å². The molecule has 2 aromatic rings. The quantitative estimate of drug-likeness (QED) is 0.0959. The number of aryl methyl sites for hydroxylation is 2. The second-order valence-corrected chi connectivity index (χ2v) is 9.94. The van der Waals surface area contributed by atoms with Crippen LogP contribution >= 0.6 is 0 Å². The number of amides is 5. The van der Waals surface area contributed by atoms with E-state index in [1.807, 2.05) is 0 Å². The van der Waals surface area contributed by atoms with Gasteiger partial charge in [0.25, 0.3) is 11.1 Å². The van der Waals surface area contributed by atoms with Crippen LogP contribution in [0, 0.1) is 13.8 Å². The van der Waals surface area contributed by atoms with Crippen LogP contribution in [0.25, 0.3) is 0 Å². The van der Waals surface area contributed by atoms with Gasteiger partial charge in [0.15, 0.2) is 0 Å². The average Bonchev–Trinajstić information content (AvgIpc) is 2.86. The minimum absolute atomic E-state index is 0.0610. The Labute approximate surface area is 237 Å². The Morgan fingerprint density at radius 2 is 1.20 bits per heavy atom. The maximum Gasteiger partial charge on any atom is 0.321 e. The van der Waals surface area contributed by atoms with E-state index in [0.29, 0.717) is 67.9 Å². The molecule has 16 heteroatoms. The van der Waals surface area contributed by atoms with E-state index in [2.05, 4.69) is 53.6 Å². The van der Waals surface area contributed by atoms with E-state index in [4.69, 9.17) is 5.11 Å². The van der Waals surface area contributed by atoms with Crippen molar-refractivity contribution in [3.8, 4) is 0 Å². The third kappa shape index (κ3) is 13.5. The Hall–Kier alpha value is -4.31. The van der Waals surface area contributed by atoms with Crippen molar-refractivity contribution < 1.29 is 24.0 Å². The molecule has 41 heavy (non-hydrogen) atoms. The highest BCUT2D eigenvalue weighted by Gasteiger charge is 2.21. The Balaban J connectivity index is 1.82. The maximum absolute atomic E-state index is 12.2. The fourth-order valence-corrected chi connectivity index (χ4v) is 4.12. The molecule has 0 aliphatic rings. The van der Waals surface area contributed by atoms with Crippen LogP contribution in [-0.2, 0) is 4.79 Å². The molecule has 5 amide bonds. The van der Waals surface area contributed by atoms with Crippen LogP contribution in [0.5, 0.6) is 0 Å². The molecule has 0 radical (unpaired) electrons. The summed E-state index contributed by atoms with van der Waals surface area (Å²) < 4.78 is 0.627. The smallest absolute Gasteiger partial charge is 0.321 e. The summed E-state index contributed by atoms with van der Waals surface area (Å²) in [6.45, 7) is 6.57. The number of hydrogen-bond donors (Lipinski definition) is 8. The summed E-state index contributed by atoms with van der Waals surface area (Å²) in [4.78, 5) is 72.1. The van der Waals surface area contributed by atoms with Crippen LogP contribution in [0.3, 0.4) is 0 Å². The van der Waals surface area contributed by atoms with E-state index < -0.39 is 23.2 Å². The molecule has 0 unspecified atom stereocenters. The molecule has 0 aliphatic heterocycles. The lowest BCUT2D eigenvalue weighted by Gasteiger charge is -2.35. The zero-order valence-electron chi connectivity index (χ0n) is 23.8. The fraction of sp³-hybridized carbons (Fsp3) is 0.560. The predicted octanol–water partition coefficient (Wildman–Crippen LogP) is -0.471. The van der Waals surface area contributed by atoms with E-state index in [9.17, 15) is 24.0 Å². The summed E-state index contributed by atoms with van der Waals surface area (Å²) in [5.74, 6) is -0.0732. The number of nitrogens with one attached hydrogen (secondary N) is 7. The first-order valence-electron chi connectivity index (χ1n) is 13.4. The number of rotatable bonds is 16. The minimum atomic E-state index is -0.487. The molecule has 226 valence electrons. The number of anilines is 2. The van der Waals surface area contributed by atoms with Crippen LogP contribution in [0.1, 0.15) is 37.1 Å². The largest absolute Gasteiger partial charge is 0.396 e. The second-order valence-electron chi connectivity index (χ2n) is 9.94. The van der Waals surface area contributed by atoms with Gasteiger partial charge < -0.3 is 35.5 Å². The van der Waals surface area contributed by atoms with Crippen LogP contribution in [0.2, 0.25) is 0 Å². The summed E-state index contributed by atoms with van der Waals surface area (Å²) in [6.07, 6.45) is 2.07. The molecule has 2 heterocycles. The molecule has 8 N–H and O–H groups in total. The van der Waals surface area contributed by atoms with Gasteiger partial charge in [-0.2, -0.15) is 9.97 Å². The topological polar surface area (TPSA) is 223 Å². The zero-order valence-corrected chi connectivity index (χ0v) is 23.8. The number of quaternary nitrogens is 1. The number of H-pyrrole nitrogens is 2. The number of carbonyl (C=O) groups excluding carboxylic acids is 3. The Bertz CT molecular complexity index is 1200. The van der Waals surface area contributed by atoms with Gasteiger partial charge in [0.05, 0.1) is 33.3 Å². The summed E-state index contributed by atoms with van der Waals surface area (Å²) >= 11 is 0. The van der Waals surface area contributed by atoms with Gasteiger partial charge in [-0.05, 0) is 13.8 Å². The number of urea groups is 2. The maximum atomic E-state index is 12.2. The monoisotopic (exact) mass is 577 g/mol. The lowest BCUT2D eigenvalue weighted by molar-refractivity contribution is -0.909. The SMILES string of the molecule is Cc1cc(=O)nc(NC(=O)NCCC[N+](C)(CCCNC(=O)CCO)CCCNC(=O)Nc2nc(=O)cc(C)[nH]2)[nH]1. The van der Waals surface area contributed by atoms with E-state index in [0.717, 1.165) is 6.54 Å². The molecule has 2 aromatic heterocycles. The molecule has 2 rings (SSSR count). The Morgan fingerprint density at radius 1 is 0.780 bits per heavy atom. The number of aromatic nitrogens is 4. The number of aliphatic hydroxyl groups excluding tert-OH is 1. The molecule has 0 aliphatic carbocycles. The lowest BCUT2D eigenvalue weighted by atomic mass is 10.2. The molecule has 16 nitrogen and oxygen atoms in total. The van der Waals surface area contributed by atoms with Gasteiger partial charge in [-0.1, -0.05) is 0 Å². The highest BCUT2D eigenvalue weighted by atomic mass is 16.3. The molecule has 0 aromatic carbocycles. The number of hydrogen-bond acceptors (Lipinski definition) is 8. The third-order valence-corrected chi connectivity index (χ3v) is 6.08. The number of nitrogens with zero attached hydrogens (tertiary/aromatic N) is 3. The van der Waals surface area contributed by atoms with Crippen molar-refractivity contribution in [2.75, 3.05) is 63.6 Å². The van der Waals surface area contributed by atoms with E-state index >= 15 is 0 Å². The summed E-state index contributed by atoms with van der Waals surface area (Å²) in [7, 11) is 2.07. The Morgan fingerprint density at radius 3 is 1.59 bits per heavy atom. The van der Waals surface area contributed by atoms with Crippen molar-refractivity contribution in [1.29, 1.82) is 0 Å². The fourth-order valence-electron chi connectivity index (χ4n) is 4.12. The second kappa shape index (κ2) is 16.7. The number of aliphatic hydroxyl groups is 1. The van der Waals surface area contributed by atoms with Gasteiger partial charge >= 0.3 is 12.1 Å². The molecule has 0 fully saturated rings. The van der Waals surface area contributed by atoms with Gasteiger partial charge in [-0.3, -0.25) is 25.0 Å². The average molecular weight is 578 g/mol. The van der Waals surface area contributed by atoms with E-state index in [1.54, 1.807) is 13.8 Å². The number of carbonyl (C=O) groups is 3. The summed E-state index contributed by atoms with van der Waals surface area (Å²) in [5.41, 5.74) is 0.251. The minimum Gasteiger partial charge on any atom is -0.396 e. The van der Waals surface area contributed by atoms with Crippen LogP contribution < -0.4 is 37.7 Å². The van der Waals surface area contributed by atoms with Gasteiger partial charge in [0.1, 0.15) is 0 Å². The van der Waals surface area contributed by atoms with Crippen LogP contribution in [-0.4, -0.2) is 100 Å². The summed E-state index contributed by atoms with van der Waals surface area (Å²) in [6, 6.07) is 1.68. The molecule has 0 saturated carbocycles. The van der Waals surface area contributed by atoms with Crippen molar-refractivity contribution >= 4 is 29.9 Å². The number of aromatic amines is 2. The van der Waals surface area contributed by atoms with Crippen molar-refractivity contribution in [2.45, 2.75) is 39.5 Å². The lowest BCUT2D eigenvalue weighted by Crippen LogP contribution is -2.49. The molecule has 0 bridgehead atoms. The van der Waals surface area contributed by atoms with Crippen LogP contribution in [0.15, 0.2) is 21.7 Å². The van der Waals surface area contributed by atoms with Crippen LogP contribution in [0.4, 0.5) is 21.5 Å². The first-order chi connectivity index (χ1) is 19.5. The molecule has 0 saturated heterocycles. The van der Waals surface area contributed by atoms with Gasteiger partial charge in [0.2, 0.25) is 17.8 Å². The molecule has 0 atom stereocenters. The van der Waals surface area contributed by atoms with Crippen molar-refractivity contribution in [2.24, 2.45) is 0 Å². The van der Waals surface area contributed by atoms with Crippen molar-refractivity contribution in [3.63, 3.8) is 0 Å². The molecular weight excluding hydrogens is 536 g/mol. The highest BCUT2D eigenvalue weighted by molar-refractivity contribution is 5.87. The van der Waals surface area contributed by atoms with Gasteiger partial charge in [0, 0.05) is 68.8 Å². The van der Waals surface area contributed by atoms with E-state index in [-0.39, 0.29) is 30.8 Å². The summed E-state index contributed by atoms with van der Waals surface area (Å²) in [5, 5.41) is 22.2. The standard InChI is InChI=1S/C25H40N10O6/c1-17-15-20(38)31-22(29-17)33-24(40)27-9-5-12-35(3,11-4-8-26-19(37)7-14-36)13-6-10-28-25(41)34-23-30-18(2)16-21(39)32-23/h15-16,36H,4-14H2,1-3H3,(H6-,26,27,28,29,30,31,32,33,34,37,38,39,40,41)/p+1. The first kappa shape index (κ1) is 32.9. The third-order valence-electron chi connectivity index (χ3n) is 6.08. The van der Waals surface area contributed by atoms with Gasteiger partial charge in [-0.15, -0.1) is 0 Å². The normalized spacial score (nSPS) is 11.0. The molecular formula is C25H41N10O6+. The highest BCUT2D eigenvalue weighted by Crippen LogP contribution is 2.08. The molecule has 0 spiro atoms. The van der Waals surface area contributed by atoms with E-state index in [1.165, 1.54) is 12.1 Å². The predicted molar refractivity (Wildman–Crippen MR) is 153 cm³/mol. The van der Waals surface area contributed by atoms with Crippen molar-refractivity contribution in [1.82, 2.24) is 35.9 Å².